The zero-order chi connectivity index (χ0) is 15.5. The molecular weight excluding hydrogens is 292 g/mol. The van der Waals surface area contributed by atoms with Gasteiger partial charge in [-0.15, -0.1) is 5.10 Å². The molecule has 1 heterocycles. The molecule has 0 saturated carbocycles. The van der Waals surface area contributed by atoms with E-state index in [4.69, 9.17) is 0 Å². The molecule has 2 aromatic rings. The normalized spacial score (nSPS) is 12.2. The van der Waals surface area contributed by atoms with Crippen LogP contribution in [0.1, 0.15) is 18.2 Å². The average molecular weight is 307 g/mol. The van der Waals surface area contributed by atoms with Crippen LogP contribution in [-0.2, 0) is 10.0 Å². The number of aryl methyl sites for hydroxylation is 1. The standard InChI is InChI=1S/C13H15N4O3S/c1-10-5-7-12(8-6-10)21(19,20)16-14-11(2)13-4-3-9-17(18)15-13/h3-9,16H,1-2H3,(H,15,18)/q+1/b14-11+. The molecule has 0 aliphatic heterocycles. The highest BCUT2D eigenvalue weighted by Crippen LogP contribution is 2.09. The summed E-state index contributed by atoms with van der Waals surface area (Å²) in [5.41, 5.74) is 1.72. The Morgan fingerprint density at radius 3 is 2.52 bits per heavy atom. The van der Waals surface area contributed by atoms with Crippen LogP contribution >= 0.6 is 0 Å². The minimum atomic E-state index is -3.73. The number of nitrogens with zero attached hydrogens (tertiary/aromatic N) is 2. The van der Waals surface area contributed by atoms with Crippen molar-refractivity contribution in [3.05, 3.63) is 58.8 Å². The van der Waals surface area contributed by atoms with Crippen molar-refractivity contribution >= 4 is 15.7 Å². The molecule has 0 aliphatic carbocycles. The highest BCUT2D eigenvalue weighted by molar-refractivity contribution is 7.89. The molecule has 0 aliphatic rings. The molecule has 0 unspecified atom stereocenters. The highest BCUT2D eigenvalue weighted by atomic mass is 32.2. The fraction of sp³-hybridized carbons (Fsp3) is 0.154. The van der Waals surface area contributed by atoms with Gasteiger partial charge in [-0.1, -0.05) is 17.7 Å². The average Bonchev–Trinajstić information content (AvgIpc) is 2.45. The van der Waals surface area contributed by atoms with Crippen molar-refractivity contribution in [3.63, 3.8) is 0 Å². The highest BCUT2D eigenvalue weighted by Gasteiger charge is 2.13. The van der Waals surface area contributed by atoms with Crippen molar-refractivity contribution < 1.29 is 13.0 Å². The van der Waals surface area contributed by atoms with Gasteiger partial charge in [-0.05, 0) is 32.0 Å². The predicted octanol–water partition coefficient (Wildman–Crippen LogP) is 0.940. The van der Waals surface area contributed by atoms with Gasteiger partial charge in [0.05, 0.1) is 15.5 Å². The fourth-order valence-electron chi connectivity index (χ4n) is 1.57. The van der Waals surface area contributed by atoms with Crippen molar-refractivity contribution in [2.45, 2.75) is 18.7 Å². The summed E-state index contributed by atoms with van der Waals surface area (Å²) in [7, 11) is -3.73. The maximum Gasteiger partial charge on any atom is 0.276 e. The second-order valence-corrected chi connectivity index (χ2v) is 6.13. The van der Waals surface area contributed by atoms with Gasteiger partial charge in [0.25, 0.3) is 16.2 Å². The predicted molar refractivity (Wildman–Crippen MR) is 77.9 cm³/mol. The van der Waals surface area contributed by atoms with Gasteiger partial charge in [0, 0.05) is 6.07 Å². The SMILES string of the molecule is C/C(=N\NS(=O)(=O)c1ccc(C)cc1)c1ccc[n+](=O)[nH]1. The first-order chi connectivity index (χ1) is 9.88. The van der Waals surface area contributed by atoms with Crippen LogP contribution in [0, 0.1) is 11.8 Å². The Labute approximate surface area is 122 Å². The number of nitrogens with one attached hydrogen (secondary N) is 2. The lowest BCUT2D eigenvalue weighted by atomic mass is 10.2. The maximum atomic E-state index is 12.1. The minimum absolute atomic E-state index is 0.126. The molecular formula is C13H15N4O3S+. The summed E-state index contributed by atoms with van der Waals surface area (Å²) in [6, 6.07) is 9.57. The molecule has 110 valence electrons. The zero-order valence-electron chi connectivity index (χ0n) is 11.6. The van der Waals surface area contributed by atoms with Gasteiger partial charge in [-0.3, -0.25) is 0 Å². The number of hydrogen-bond acceptors (Lipinski definition) is 4. The Balaban J connectivity index is 2.23. The first kappa shape index (κ1) is 14.9. The van der Waals surface area contributed by atoms with E-state index in [-0.39, 0.29) is 4.90 Å². The number of aromatic amines is 1. The van der Waals surface area contributed by atoms with Crippen molar-refractivity contribution in [1.29, 1.82) is 0 Å². The summed E-state index contributed by atoms with van der Waals surface area (Å²) in [4.78, 5) is 13.4. The van der Waals surface area contributed by atoms with E-state index < -0.39 is 10.0 Å². The van der Waals surface area contributed by atoms with Gasteiger partial charge in [0.1, 0.15) is 5.69 Å². The van der Waals surface area contributed by atoms with Gasteiger partial charge in [-0.25, -0.2) is 0 Å². The van der Waals surface area contributed by atoms with Crippen LogP contribution in [0.5, 0.6) is 0 Å². The van der Waals surface area contributed by atoms with Crippen LogP contribution in [0.15, 0.2) is 52.6 Å². The number of hydrogen-bond donors (Lipinski definition) is 2. The van der Waals surface area contributed by atoms with Crippen molar-refractivity contribution in [2.75, 3.05) is 0 Å². The summed E-state index contributed by atoms with van der Waals surface area (Å²) < 4.78 is 24.6. The van der Waals surface area contributed by atoms with Crippen LogP contribution in [0.25, 0.3) is 0 Å². The monoisotopic (exact) mass is 307 g/mol. The molecule has 1 aromatic carbocycles. The molecule has 2 rings (SSSR count). The number of rotatable bonds is 4. The Morgan fingerprint density at radius 1 is 1.24 bits per heavy atom. The van der Waals surface area contributed by atoms with Crippen LogP contribution in [0.4, 0.5) is 0 Å². The Hall–Kier alpha value is -2.48. The fourth-order valence-corrected chi connectivity index (χ4v) is 2.43. The van der Waals surface area contributed by atoms with Crippen LogP contribution < -0.4 is 9.37 Å². The van der Waals surface area contributed by atoms with Crippen molar-refractivity contribution in [3.8, 4) is 0 Å². The number of H-pyrrole nitrogens is 1. The maximum absolute atomic E-state index is 12.1. The summed E-state index contributed by atoms with van der Waals surface area (Å²) in [5.74, 6) is 0. The van der Waals surface area contributed by atoms with E-state index in [0.717, 1.165) is 5.56 Å². The molecule has 0 spiro atoms. The molecule has 21 heavy (non-hydrogen) atoms. The number of aromatic nitrogens is 2. The van der Waals surface area contributed by atoms with Crippen molar-refractivity contribution in [1.82, 2.24) is 9.93 Å². The van der Waals surface area contributed by atoms with E-state index >= 15 is 0 Å². The molecule has 0 bridgehead atoms. The van der Waals surface area contributed by atoms with Crippen LogP contribution in [0.2, 0.25) is 0 Å². The molecule has 0 saturated heterocycles. The lowest BCUT2D eigenvalue weighted by molar-refractivity contribution is -0.564. The van der Waals surface area contributed by atoms with Gasteiger partial charge in [0.15, 0.2) is 4.54 Å². The van der Waals surface area contributed by atoms with E-state index in [2.05, 4.69) is 15.0 Å². The Morgan fingerprint density at radius 2 is 1.90 bits per heavy atom. The second-order valence-electron chi connectivity index (χ2n) is 4.46. The topological polar surface area (TPSA) is 97.3 Å². The zero-order valence-corrected chi connectivity index (χ0v) is 12.4. The van der Waals surface area contributed by atoms with Crippen LogP contribution in [0.3, 0.4) is 0 Å². The number of sulfonamides is 1. The third-order valence-electron chi connectivity index (χ3n) is 2.77. The van der Waals surface area contributed by atoms with E-state index in [1.165, 1.54) is 24.4 Å². The third-order valence-corrected chi connectivity index (χ3v) is 3.99. The smallest absolute Gasteiger partial charge is 0.200 e. The Kier molecular flexibility index (Phi) is 4.18. The number of benzene rings is 1. The molecule has 0 atom stereocenters. The molecule has 0 fully saturated rings. The lowest BCUT2D eigenvalue weighted by Gasteiger charge is -2.04. The van der Waals surface area contributed by atoms with Gasteiger partial charge in [0.2, 0.25) is 0 Å². The quantitative estimate of drug-likeness (QED) is 0.500. The molecule has 0 amide bonds. The third kappa shape index (κ3) is 3.76. The van der Waals surface area contributed by atoms with Crippen molar-refractivity contribution in [2.24, 2.45) is 5.10 Å². The summed E-state index contributed by atoms with van der Waals surface area (Å²) >= 11 is 0. The molecule has 7 nitrogen and oxygen atoms in total. The van der Waals surface area contributed by atoms with E-state index in [1.54, 1.807) is 25.1 Å². The largest absolute Gasteiger partial charge is 0.276 e. The molecule has 0 radical (unpaired) electrons. The molecule has 8 heteroatoms. The van der Waals surface area contributed by atoms with Gasteiger partial charge in [-0.2, -0.15) is 18.4 Å². The van der Waals surface area contributed by atoms with E-state index in [1.807, 2.05) is 6.92 Å². The van der Waals surface area contributed by atoms with Gasteiger partial charge >= 0.3 is 0 Å². The molecule has 1 aromatic heterocycles. The summed E-state index contributed by atoms with van der Waals surface area (Å²) in [6.45, 7) is 3.46. The molecule has 2 N–H and O–H groups in total. The lowest BCUT2D eigenvalue weighted by Crippen LogP contribution is -2.23. The first-order valence-electron chi connectivity index (χ1n) is 6.13. The summed E-state index contributed by atoms with van der Waals surface area (Å²) in [6.07, 6.45) is 1.28. The Bertz CT molecular complexity index is 823. The van der Waals surface area contributed by atoms with Crippen LogP contribution in [-0.4, -0.2) is 19.2 Å². The summed E-state index contributed by atoms with van der Waals surface area (Å²) in [5, 5.41) is 6.29. The second kappa shape index (κ2) is 5.88. The van der Waals surface area contributed by atoms with E-state index in [9.17, 15) is 13.3 Å². The van der Waals surface area contributed by atoms with Gasteiger partial charge < -0.3 is 0 Å². The number of hydrazone groups is 1. The minimum Gasteiger partial charge on any atom is -0.200 e. The first-order valence-corrected chi connectivity index (χ1v) is 7.61. The van der Waals surface area contributed by atoms with E-state index in [0.29, 0.717) is 15.9 Å².